The monoisotopic (exact) mass is 261 g/mol. The van der Waals surface area contributed by atoms with Crippen molar-refractivity contribution >= 4 is 5.96 Å². The summed E-state index contributed by atoms with van der Waals surface area (Å²) in [7, 11) is 0. The molecule has 0 unspecified atom stereocenters. The number of aliphatic imine (C=N–C) groups is 1. The fourth-order valence-electron chi connectivity index (χ4n) is 2.20. The summed E-state index contributed by atoms with van der Waals surface area (Å²) >= 11 is 0. The van der Waals surface area contributed by atoms with E-state index in [1.54, 1.807) is 0 Å². The molecule has 0 fully saturated rings. The zero-order chi connectivity index (χ0) is 13.5. The molecule has 19 heavy (non-hydrogen) atoms. The second kappa shape index (κ2) is 7.02. The summed E-state index contributed by atoms with van der Waals surface area (Å²) in [5, 5.41) is 6.46. The molecule has 0 atom stereocenters. The molecule has 1 aliphatic heterocycles. The van der Waals surface area contributed by atoms with Crippen LogP contribution < -0.4 is 15.4 Å². The maximum atomic E-state index is 5.51. The summed E-state index contributed by atoms with van der Waals surface area (Å²) in [4.78, 5) is 4.56. The Morgan fingerprint density at radius 2 is 2.05 bits per heavy atom. The Bertz CT molecular complexity index is 435. The number of nitrogens with one attached hydrogen (secondary N) is 2. The van der Waals surface area contributed by atoms with Crippen LogP contribution in [0.15, 0.2) is 23.2 Å². The van der Waals surface area contributed by atoms with Gasteiger partial charge in [-0.2, -0.15) is 0 Å². The minimum atomic E-state index is 0.801. The van der Waals surface area contributed by atoms with E-state index in [2.05, 4.69) is 47.7 Å². The fourth-order valence-corrected chi connectivity index (χ4v) is 2.20. The average Bonchev–Trinajstić information content (AvgIpc) is 2.86. The molecule has 0 aliphatic carbocycles. The molecular weight excluding hydrogens is 238 g/mol. The van der Waals surface area contributed by atoms with Crippen LogP contribution in [0.1, 0.15) is 25.0 Å². The maximum absolute atomic E-state index is 5.51. The number of nitrogens with zero attached hydrogens (tertiary/aromatic N) is 1. The highest BCUT2D eigenvalue weighted by molar-refractivity contribution is 5.79. The Hall–Kier alpha value is -1.71. The predicted molar refractivity (Wildman–Crippen MR) is 79.0 cm³/mol. The lowest BCUT2D eigenvalue weighted by Crippen LogP contribution is -2.37. The molecule has 0 saturated carbocycles. The molecule has 0 aromatic heterocycles. The van der Waals surface area contributed by atoms with Gasteiger partial charge in [0.2, 0.25) is 0 Å². The average molecular weight is 261 g/mol. The summed E-state index contributed by atoms with van der Waals surface area (Å²) < 4.78 is 5.51. The normalized spacial score (nSPS) is 12.5. The van der Waals surface area contributed by atoms with Crippen molar-refractivity contribution in [2.24, 2.45) is 4.99 Å². The first kappa shape index (κ1) is 13.7. The Balaban J connectivity index is 1.89. The van der Waals surface area contributed by atoms with E-state index < -0.39 is 0 Å². The Morgan fingerprint density at radius 3 is 2.79 bits per heavy atom. The highest BCUT2D eigenvalue weighted by Crippen LogP contribution is 2.25. The number of guanidine groups is 1. The molecule has 104 valence electrons. The lowest BCUT2D eigenvalue weighted by atomic mass is 10.1. The van der Waals surface area contributed by atoms with Gasteiger partial charge in [0.1, 0.15) is 5.75 Å². The van der Waals surface area contributed by atoms with Crippen LogP contribution in [0, 0.1) is 0 Å². The standard InChI is InChI=1S/C15H23N3O/c1-3-16-15(17-4-2)18-9-7-12-5-6-14-13(11-12)8-10-19-14/h5-6,11H,3-4,7-10H2,1-2H3,(H2,16,17,18). The SMILES string of the molecule is CCNC(=NCCc1ccc2c(c1)CCO2)NCC. The van der Waals surface area contributed by atoms with Crippen molar-refractivity contribution in [3.05, 3.63) is 29.3 Å². The van der Waals surface area contributed by atoms with E-state index in [1.807, 2.05) is 0 Å². The highest BCUT2D eigenvalue weighted by Gasteiger charge is 2.11. The third kappa shape index (κ3) is 3.88. The number of hydrogen-bond acceptors (Lipinski definition) is 2. The molecular formula is C15H23N3O. The Kier molecular flexibility index (Phi) is 5.07. The summed E-state index contributed by atoms with van der Waals surface area (Å²) in [5.41, 5.74) is 2.67. The van der Waals surface area contributed by atoms with Crippen molar-refractivity contribution in [2.75, 3.05) is 26.2 Å². The highest BCUT2D eigenvalue weighted by atomic mass is 16.5. The van der Waals surface area contributed by atoms with E-state index in [9.17, 15) is 0 Å². The molecule has 0 spiro atoms. The smallest absolute Gasteiger partial charge is 0.191 e. The molecule has 1 aromatic carbocycles. The first-order chi connectivity index (χ1) is 9.33. The van der Waals surface area contributed by atoms with Crippen LogP contribution in [-0.4, -0.2) is 32.2 Å². The van der Waals surface area contributed by atoms with Crippen LogP contribution in [0.3, 0.4) is 0 Å². The van der Waals surface area contributed by atoms with Gasteiger partial charge in [0.05, 0.1) is 6.61 Å². The van der Waals surface area contributed by atoms with Crippen LogP contribution >= 0.6 is 0 Å². The molecule has 2 rings (SSSR count). The van der Waals surface area contributed by atoms with Gasteiger partial charge in [-0.25, -0.2) is 0 Å². The van der Waals surface area contributed by atoms with Crippen molar-refractivity contribution in [3.63, 3.8) is 0 Å². The summed E-state index contributed by atoms with van der Waals surface area (Å²) in [6.07, 6.45) is 2.00. The fraction of sp³-hybridized carbons (Fsp3) is 0.533. The number of ether oxygens (including phenoxy) is 1. The second-order valence-electron chi connectivity index (χ2n) is 4.58. The van der Waals surface area contributed by atoms with E-state index >= 15 is 0 Å². The number of fused-ring (bicyclic) bond motifs is 1. The minimum Gasteiger partial charge on any atom is -0.493 e. The van der Waals surface area contributed by atoms with Crippen molar-refractivity contribution in [1.29, 1.82) is 0 Å². The first-order valence-corrected chi connectivity index (χ1v) is 7.10. The van der Waals surface area contributed by atoms with Gasteiger partial charge in [-0.3, -0.25) is 4.99 Å². The molecule has 1 aliphatic rings. The molecule has 0 bridgehead atoms. The van der Waals surface area contributed by atoms with E-state index in [-0.39, 0.29) is 0 Å². The summed E-state index contributed by atoms with van der Waals surface area (Å²) in [6, 6.07) is 6.47. The number of benzene rings is 1. The van der Waals surface area contributed by atoms with Crippen molar-refractivity contribution in [2.45, 2.75) is 26.7 Å². The molecule has 0 radical (unpaired) electrons. The molecule has 1 aromatic rings. The van der Waals surface area contributed by atoms with E-state index in [0.717, 1.165) is 50.8 Å². The first-order valence-electron chi connectivity index (χ1n) is 7.10. The quantitative estimate of drug-likeness (QED) is 0.627. The van der Waals surface area contributed by atoms with E-state index in [1.165, 1.54) is 11.1 Å². The minimum absolute atomic E-state index is 0.801. The summed E-state index contributed by atoms with van der Waals surface area (Å²) in [6.45, 7) is 7.56. The maximum Gasteiger partial charge on any atom is 0.191 e. The van der Waals surface area contributed by atoms with Gasteiger partial charge >= 0.3 is 0 Å². The lowest BCUT2D eigenvalue weighted by molar-refractivity contribution is 0.357. The third-order valence-electron chi connectivity index (χ3n) is 3.11. The third-order valence-corrected chi connectivity index (χ3v) is 3.11. The molecule has 0 saturated heterocycles. The number of rotatable bonds is 5. The zero-order valence-corrected chi connectivity index (χ0v) is 11.8. The van der Waals surface area contributed by atoms with Gasteiger partial charge in [0.25, 0.3) is 0 Å². The van der Waals surface area contributed by atoms with Gasteiger partial charge < -0.3 is 15.4 Å². The van der Waals surface area contributed by atoms with E-state index in [0.29, 0.717) is 0 Å². The molecule has 2 N–H and O–H groups in total. The van der Waals surface area contributed by atoms with Crippen LogP contribution in [0.5, 0.6) is 5.75 Å². The predicted octanol–water partition coefficient (Wildman–Crippen LogP) is 1.74. The van der Waals surface area contributed by atoms with Gasteiger partial charge in [-0.15, -0.1) is 0 Å². The van der Waals surface area contributed by atoms with Crippen LogP contribution in [0.25, 0.3) is 0 Å². The van der Waals surface area contributed by atoms with Crippen molar-refractivity contribution in [1.82, 2.24) is 10.6 Å². The topological polar surface area (TPSA) is 45.7 Å². The van der Waals surface area contributed by atoms with Gasteiger partial charge in [-0.05, 0) is 37.5 Å². The molecule has 4 heteroatoms. The Labute approximate surface area is 115 Å². The molecule has 1 heterocycles. The van der Waals surface area contributed by atoms with Crippen LogP contribution in [0.2, 0.25) is 0 Å². The van der Waals surface area contributed by atoms with Gasteiger partial charge in [0, 0.05) is 26.1 Å². The lowest BCUT2D eigenvalue weighted by Gasteiger charge is -2.09. The van der Waals surface area contributed by atoms with Crippen molar-refractivity contribution in [3.8, 4) is 5.75 Å². The zero-order valence-electron chi connectivity index (χ0n) is 11.8. The largest absolute Gasteiger partial charge is 0.493 e. The summed E-state index contributed by atoms with van der Waals surface area (Å²) in [5.74, 6) is 1.95. The van der Waals surface area contributed by atoms with Crippen molar-refractivity contribution < 1.29 is 4.74 Å². The molecule has 0 amide bonds. The van der Waals surface area contributed by atoms with Crippen LogP contribution in [-0.2, 0) is 12.8 Å². The number of hydrogen-bond donors (Lipinski definition) is 2. The molecule has 4 nitrogen and oxygen atoms in total. The van der Waals surface area contributed by atoms with Crippen LogP contribution in [0.4, 0.5) is 0 Å². The second-order valence-corrected chi connectivity index (χ2v) is 4.58. The van der Waals surface area contributed by atoms with E-state index in [4.69, 9.17) is 4.74 Å². The van der Waals surface area contributed by atoms with Gasteiger partial charge in [0.15, 0.2) is 5.96 Å². The Morgan fingerprint density at radius 1 is 1.26 bits per heavy atom. The van der Waals surface area contributed by atoms with Gasteiger partial charge in [-0.1, -0.05) is 12.1 Å².